The normalized spacial score (nSPS) is 34.8. The fourth-order valence-electron chi connectivity index (χ4n) is 1.80. The summed E-state index contributed by atoms with van der Waals surface area (Å²) in [5, 5.41) is 12.8. The van der Waals surface area contributed by atoms with Gasteiger partial charge in [-0.25, -0.2) is 0 Å². The second-order valence-electron chi connectivity index (χ2n) is 3.52. The van der Waals surface area contributed by atoms with Gasteiger partial charge in [0.15, 0.2) is 0 Å². The minimum atomic E-state index is -0.544. The van der Waals surface area contributed by atoms with Crippen LogP contribution in [0.3, 0.4) is 0 Å². The Hall–Kier alpha value is -0.160. The van der Waals surface area contributed by atoms with E-state index >= 15 is 0 Å². The van der Waals surface area contributed by atoms with Gasteiger partial charge in [0.25, 0.3) is 0 Å². The van der Waals surface area contributed by atoms with Gasteiger partial charge in [0.05, 0.1) is 6.61 Å². The third kappa shape index (κ3) is 2.40. The number of ether oxygens (including phenoxy) is 1. The van der Waals surface area contributed by atoms with E-state index in [1.54, 1.807) is 0 Å². The largest absolute Gasteiger partial charge is 0.376 e. The molecule has 1 aliphatic heterocycles. The zero-order valence-corrected chi connectivity index (χ0v) is 8.25. The highest BCUT2D eigenvalue weighted by atomic mass is 16.5. The van der Waals surface area contributed by atoms with Crippen molar-refractivity contribution in [1.29, 1.82) is 0 Å². The molecular weight excluding hydrogens is 168 g/mol. The van der Waals surface area contributed by atoms with Crippen molar-refractivity contribution < 1.29 is 9.84 Å². The molecular formula is C9H20N2O2. The molecule has 0 radical (unpaired) electrons. The van der Waals surface area contributed by atoms with Gasteiger partial charge in [-0.2, -0.15) is 0 Å². The maximum atomic E-state index is 9.77. The number of aliphatic hydroxyl groups excluding tert-OH is 1. The summed E-state index contributed by atoms with van der Waals surface area (Å²) in [6.45, 7) is 4.09. The van der Waals surface area contributed by atoms with Gasteiger partial charge in [-0.3, -0.25) is 5.32 Å². The lowest BCUT2D eigenvalue weighted by Crippen LogP contribution is -2.57. The van der Waals surface area contributed by atoms with Crippen LogP contribution in [0.25, 0.3) is 0 Å². The molecule has 0 aliphatic carbocycles. The van der Waals surface area contributed by atoms with Crippen LogP contribution >= 0.6 is 0 Å². The average Bonchev–Trinajstić information content (AvgIpc) is 2.17. The van der Waals surface area contributed by atoms with Gasteiger partial charge >= 0.3 is 0 Å². The van der Waals surface area contributed by atoms with Crippen LogP contribution in [0.1, 0.15) is 26.2 Å². The number of aliphatic hydroxyl groups is 1. The lowest BCUT2D eigenvalue weighted by atomic mass is 9.91. The monoisotopic (exact) mass is 188 g/mol. The molecule has 0 spiro atoms. The molecule has 0 aromatic heterocycles. The summed E-state index contributed by atoms with van der Waals surface area (Å²) in [5.41, 5.74) is 5.04. The third-order valence-corrected chi connectivity index (χ3v) is 2.73. The summed E-state index contributed by atoms with van der Waals surface area (Å²) >= 11 is 0. The number of hydrogen-bond acceptors (Lipinski definition) is 4. The van der Waals surface area contributed by atoms with Crippen molar-refractivity contribution in [3.63, 3.8) is 0 Å². The molecule has 13 heavy (non-hydrogen) atoms. The fraction of sp³-hybridized carbons (Fsp3) is 1.00. The van der Waals surface area contributed by atoms with Crippen LogP contribution in [-0.2, 0) is 4.74 Å². The van der Waals surface area contributed by atoms with Crippen LogP contribution < -0.4 is 11.1 Å². The standard InChI is InChI=1S/C9H20N2O2/c1-2-9(4-3-5-10)8(12)11-6-7-13-9/h8,11-12H,2-7,10H2,1H3. The Kier molecular flexibility index (Phi) is 4.12. The summed E-state index contributed by atoms with van der Waals surface area (Å²) in [7, 11) is 0. The van der Waals surface area contributed by atoms with Crippen molar-refractivity contribution in [2.75, 3.05) is 19.7 Å². The second-order valence-corrected chi connectivity index (χ2v) is 3.52. The first-order chi connectivity index (χ1) is 6.25. The molecule has 0 aromatic rings. The molecule has 2 atom stereocenters. The zero-order chi connectivity index (χ0) is 9.73. The fourth-order valence-corrected chi connectivity index (χ4v) is 1.80. The van der Waals surface area contributed by atoms with E-state index in [9.17, 15) is 5.11 Å². The molecule has 4 N–H and O–H groups in total. The Morgan fingerprint density at radius 1 is 1.69 bits per heavy atom. The molecule has 0 saturated carbocycles. The molecule has 1 fully saturated rings. The van der Waals surface area contributed by atoms with Crippen molar-refractivity contribution in [2.24, 2.45) is 5.73 Å². The molecule has 2 unspecified atom stereocenters. The van der Waals surface area contributed by atoms with E-state index in [0.29, 0.717) is 13.2 Å². The molecule has 0 amide bonds. The highest BCUT2D eigenvalue weighted by Crippen LogP contribution is 2.27. The van der Waals surface area contributed by atoms with Gasteiger partial charge in [-0.15, -0.1) is 0 Å². The van der Waals surface area contributed by atoms with E-state index in [4.69, 9.17) is 10.5 Å². The van der Waals surface area contributed by atoms with Crippen LogP contribution in [-0.4, -0.2) is 36.6 Å². The predicted octanol–water partition coefficient (Wildman–Crippen LogP) is -0.188. The van der Waals surface area contributed by atoms with Crippen LogP contribution in [0.15, 0.2) is 0 Å². The van der Waals surface area contributed by atoms with Crippen LogP contribution in [0.5, 0.6) is 0 Å². The van der Waals surface area contributed by atoms with Crippen LogP contribution in [0, 0.1) is 0 Å². The molecule has 0 aromatic carbocycles. The minimum Gasteiger partial charge on any atom is -0.376 e. The minimum absolute atomic E-state index is 0.405. The van der Waals surface area contributed by atoms with E-state index in [-0.39, 0.29) is 0 Å². The zero-order valence-electron chi connectivity index (χ0n) is 8.25. The first kappa shape index (κ1) is 10.9. The molecule has 0 bridgehead atoms. The number of rotatable bonds is 4. The molecule has 4 heteroatoms. The SMILES string of the molecule is CCC1(CCCN)OCCNC1O. The maximum absolute atomic E-state index is 9.77. The van der Waals surface area contributed by atoms with Crippen molar-refractivity contribution in [1.82, 2.24) is 5.32 Å². The first-order valence-electron chi connectivity index (χ1n) is 5.00. The van der Waals surface area contributed by atoms with Gasteiger partial charge < -0.3 is 15.6 Å². The molecule has 1 saturated heterocycles. The smallest absolute Gasteiger partial charge is 0.134 e. The van der Waals surface area contributed by atoms with Crippen LogP contribution in [0.2, 0.25) is 0 Å². The maximum Gasteiger partial charge on any atom is 0.134 e. The van der Waals surface area contributed by atoms with Crippen LogP contribution in [0.4, 0.5) is 0 Å². The summed E-state index contributed by atoms with van der Waals surface area (Å²) in [4.78, 5) is 0. The molecule has 78 valence electrons. The van der Waals surface area contributed by atoms with Crippen molar-refractivity contribution in [2.45, 2.75) is 38.0 Å². The van der Waals surface area contributed by atoms with Crippen molar-refractivity contribution >= 4 is 0 Å². The summed E-state index contributed by atoms with van der Waals surface area (Å²) in [6.07, 6.45) is 2.00. The first-order valence-corrected chi connectivity index (χ1v) is 5.00. The summed E-state index contributed by atoms with van der Waals surface area (Å²) in [5.74, 6) is 0. The summed E-state index contributed by atoms with van der Waals surface area (Å²) < 4.78 is 5.66. The molecule has 4 nitrogen and oxygen atoms in total. The predicted molar refractivity (Wildman–Crippen MR) is 51.3 cm³/mol. The van der Waals surface area contributed by atoms with Gasteiger partial charge in [0.1, 0.15) is 11.8 Å². The molecule has 1 aliphatic rings. The quantitative estimate of drug-likeness (QED) is 0.572. The third-order valence-electron chi connectivity index (χ3n) is 2.73. The Morgan fingerprint density at radius 3 is 3.00 bits per heavy atom. The van der Waals surface area contributed by atoms with E-state index in [1.807, 2.05) is 6.92 Å². The van der Waals surface area contributed by atoms with Crippen molar-refractivity contribution in [3.05, 3.63) is 0 Å². The summed E-state index contributed by atoms with van der Waals surface area (Å²) in [6, 6.07) is 0. The van der Waals surface area contributed by atoms with E-state index in [2.05, 4.69) is 5.32 Å². The van der Waals surface area contributed by atoms with Gasteiger partial charge in [-0.1, -0.05) is 6.92 Å². The Balaban J connectivity index is 2.53. The van der Waals surface area contributed by atoms with Crippen molar-refractivity contribution in [3.8, 4) is 0 Å². The van der Waals surface area contributed by atoms with E-state index < -0.39 is 11.8 Å². The Morgan fingerprint density at radius 2 is 2.46 bits per heavy atom. The van der Waals surface area contributed by atoms with E-state index in [1.165, 1.54) is 0 Å². The lowest BCUT2D eigenvalue weighted by Gasteiger charge is -2.41. The second kappa shape index (κ2) is 4.91. The van der Waals surface area contributed by atoms with Gasteiger partial charge in [-0.05, 0) is 25.8 Å². The topological polar surface area (TPSA) is 67.5 Å². The number of hydrogen-bond donors (Lipinski definition) is 3. The van der Waals surface area contributed by atoms with E-state index in [0.717, 1.165) is 25.8 Å². The highest BCUT2D eigenvalue weighted by Gasteiger charge is 2.38. The number of nitrogens with one attached hydrogen (secondary N) is 1. The Labute approximate surface area is 79.5 Å². The van der Waals surface area contributed by atoms with Gasteiger partial charge in [0, 0.05) is 6.54 Å². The highest BCUT2D eigenvalue weighted by molar-refractivity contribution is 4.88. The molecule has 1 heterocycles. The molecule has 1 rings (SSSR count). The van der Waals surface area contributed by atoms with Gasteiger partial charge in [0.2, 0.25) is 0 Å². The average molecular weight is 188 g/mol. The number of nitrogens with two attached hydrogens (primary N) is 1. The Bertz CT molecular complexity index is 155. The number of morpholine rings is 1. The lowest BCUT2D eigenvalue weighted by molar-refractivity contribution is -0.167.